The van der Waals surface area contributed by atoms with Crippen molar-refractivity contribution in [3.05, 3.63) is 88.5 Å². The van der Waals surface area contributed by atoms with E-state index in [-0.39, 0.29) is 11.1 Å². The lowest BCUT2D eigenvalue weighted by Gasteiger charge is -2.07. The van der Waals surface area contributed by atoms with Gasteiger partial charge >= 0.3 is 0 Å². The number of hydrogen-bond acceptors (Lipinski definition) is 4. The molecule has 0 saturated carbocycles. The van der Waals surface area contributed by atoms with Crippen LogP contribution in [0.1, 0.15) is 15.9 Å². The van der Waals surface area contributed by atoms with Crippen LogP contribution in [-0.4, -0.2) is 15.9 Å². The highest BCUT2D eigenvalue weighted by molar-refractivity contribution is 6.04. The summed E-state index contributed by atoms with van der Waals surface area (Å²) in [5.41, 5.74) is 1.28. The Bertz CT molecular complexity index is 891. The van der Waals surface area contributed by atoms with Crippen molar-refractivity contribution in [2.75, 3.05) is 5.32 Å². The number of nitrogens with zero attached hydrogens (tertiary/aromatic N) is 1. The van der Waals surface area contributed by atoms with Crippen LogP contribution in [0.5, 0.6) is 5.88 Å². The van der Waals surface area contributed by atoms with E-state index in [9.17, 15) is 9.59 Å². The number of benzene rings is 1. The molecular formula is C18H15N3O3. The zero-order valence-electron chi connectivity index (χ0n) is 12.7. The number of anilines is 1. The molecule has 0 bridgehead atoms. The highest BCUT2D eigenvalue weighted by Gasteiger charge is 2.10. The van der Waals surface area contributed by atoms with Crippen LogP contribution in [-0.2, 0) is 6.61 Å². The third-order valence-corrected chi connectivity index (χ3v) is 3.30. The minimum Gasteiger partial charge on any atom is -0.473 e. The molecule has 120 valence electrons. The number of aromatic amines is 1. The predicted molar refractivity (Wildman–Crippen MR) is 90.0 cm³/mol. The van der Waals surface area contributed by atoms with Gasteiger partial charge in [-0.15, -0.1) is 0 Å². The fourth-order valence-electron chi connectivity index (χ4n) is 2.07. The highest BCUT2D eigenvalue weighted by Crippen LogP contribution is 2.13. The Labute approximate surface area is 138 Å². The van der Waals surface area contributed by atoms with Crippen molar-refractivity contribution in [1.82, 2.24) is 9.97 Å². The summed E-state index contributed by atoms with van der Waals surface area (Å²) in [6.45, 7) is 0.358. The van der Waals surface area contributed by atoms with Gasteiger partial charge in [-0.3, -0.25) is 9.59 Å². The quantitative estimate of drug-likeness (QED) is 0.756. The number of amides is 1. The number of ether oxygens (including phenoxy) is 1. The molecule has 0 fully saturated rings. The fourth-order valence-corrected chi connectivity index (χ4v) is 2.07. The van der Waals surface area contributed by atoms with Gasteiger partial charge in [0, 0.05) is 36.3 Å². The van der Waals surface area contributed by atoms with Gasteiger partial charge in [0.2, 0.25) is 11.3 Å². The number of pyridine rings is 2. The van der Waals surface area contributed by atoms with E-state index in [1.165, 1.54) is 30.7 Å². The molecule has 1 aromatic carbocycles. The lowest BCUT2D eigenvalue weighted by Crippen LogP contribution is -2.18. The van der Waals surface area contributed by atoms with E-state index in [2.05, 4.69) is 15.3 Å². The van der Waals surface area contributed by atoms with Gasteiger partial charge in [-0.1, -0.05) is 30.3 Å². The molecule has 2 aromatic heterocycles. The second-order valence-electron chi connectivity index (χ2n) is 5.03. The van der Waals surface area contributed by atoms with Crippen LogP contribution in [0.3, 0.4) is 0 Å². The maximum absolute atomic E-state index is 12.2. The first-order chi connectivity index (χ1) is 11.7. The number of H-pyrrole nitrogens is 1. The van der Waals surface area contributed by atoms with Crippen molar-refractivity contribution in [2.24, 2.45) is 0 Å². The summed E-state index contributed by atoms with van der Waals surface area (Å²) in [6.07, 6.45) is 4.43. The summed E-state index contributed by atoms with van der Waals surface area (Å²) < 4.78 is 5.60. The van der Waals surface area contributed by atoms with Crippen LogP contribution in [0, 0.1) is 0 Å². The average Bonchev–Trinajstić information content (AvgIpc) is 2.63. The Morgan fingerprint density at radius 3 is 2.79 bits per heavy atom. The van der Waals surface area contributed by atoms with Crippen LogP contribution >= 0.6 is 0 Å². The molecule has 0 atom stereocenters. The smallest absolute Gasteiger partial charge is 0.256 e. The Kier molecular flexibility index (Phi) is 4.67. The number of rotatable bonds is 5. The lowest BCUT2D eigenvalue weighted by molar-refractivity contribution is 0.102. The summed E-state index contributed by atoms with van der Waals surface area (Å²) in [5, 5.41) is 2.56. The van der Waals surface area contributed by atoms with Crippen LogP contribution in [0.2, 0.25) is 0 Å². The first-order valence-corrected chi connectivity index (χ1v) is 7.33. The molecule has 6 nitrogen and oxygen atoms in total. The van der Waals surface area contributed by atoms with Gasteiger partial charge in [0.15, 0.2) is 0 Å². The summed E-state index contributed by atoms with van der Waals surface area (Å²) in [4.78, 5) is 30.7. The number of nitrogens with one attached hydrogen (secondary N) is 2. The van der Waals surface area contributed by atoms with Crippen molar-refractivity contribution in [2.45, 2.75) is 6.61 Å². The topological polar surface area (TPSA) is 84.1 Å². The first kappa shape index (κ1) is 15.5. The van der Waals surface area contributed by atoms with Gasteiger partial charge in [-0.2, -0.15) is 0 Å². The molecule has 3 rings (SSSR count). The molecule has 0 saturated heterocycles. The Hall–Kier alpha value is -3.41. The Morgan fingerprint density at radius 2 is 2.00 bits per heavy atom. The molecule has 24 heavy (non-hydrogen) atoms. The standard InChI is InChI=1S/C18H15N3O3/c22-16-7-8-19-11-15(16)21-18(23)14-6-9-20-17(10-14)24-12-13-4-2-1-3-5-13/h1-11H,12H2,(H,19,22)(H,21,23). The van der Waals surface area contributed by atoms with Gasteiger partial charge in [-0.05, 0) is 11.6 Å². The average molecular weight is 321 g/mol. The van der Waals surface area contributed by atoms with Crippen LogP contribution < -0.4 is 15.5 Å². The number of carbonyl (C=O) groups excluding carboxylic acids is 1. The molecule has 0 radical (unpaired) electrons. The van der Waals surface area contributed by atoms with Crippen molar-refractivity contribution < 1.29 is 9.53 Å². The van der Waals surface area contributed by atoms with Gasteiger partial charge in [0.1, 0.15) is 12.3 Å². The summed E-state index contributed by atoms with van der Waals surface area (Å²) in [5.74, 6) is -0.0628. The minimum atomic E-state index is -0.404. The molecule has 0 aliphatic carbocycles. The summed E-state index contributed by atoms with van der Waals surface area (Å²) in [7, 11) is 0. The molecule has 0 aliphatic rings. The monoisotopic (exact) mass is 321 g/mol. The van der Waals surface area contributed by atoms with Crippen LogP contribution in [0.15, 0.2) is 71.9 Å². The lowest BCUT2D eigenvalue weighted by atomic mass is 10.2. The number of carbonyl (C=O) groups is 1. The first-order valence-electron chi connectivity index (χ1n) is 7.33. The molecule has 0 unspecified atom stereocenters. The second-order valence-corrected chi connectivity index (χ2v) is 5.03. The molecule has 2 heterocycles. The molecule has 0 spiro atoms. The fraction of sp³-hybridized carbons (Fsp3) is 0.0556. The Morgan fingerprint density at radius 1 is 1.17 bits per heavy atom. The van der Waals surface area contributed by atoms with Gasteiger partial charge < -0.3 is 15.0 Å². The van der Waals surface area contributed by atoms with Crippen LogP contribution in [0.25, 0.3) is 0 Å². The predicted octanol–water partition coefficient (Wildman–Crippen LogP) is 2.60. The maximum Gasteiger partial charge on any atom is 0.256 e. The van der Waals surface area contributed by atoms with E-state index in [1.54, 1.807) is 6.07 Å². The van der Waals surface area contributed by atoms with Crippen molar-refractivity contribution in [3.63, 3.8) is 0 Å². The van der Waals surface area contributed by atoms with E-state index >= 15 is 0 Å². The molecule has 1 amide bonds. The number of hydrogen-bond donors (Lipinski definition) is 2. The third kappa shape index (κ3) is 3.86. The molecular weight excluding hydrogens is 306 g/mol. The van der Waals surface area contributed by atoms with E-state index in [0.29, 0.717) is 18.1 Å². The molecule has 3 aromatic rings. The van der Waals surface area contributed by atoms with E-state index in [1.807, 2.05) is 30.3 Å². The third-order valence-electron chi connectivity index (χ3n) is 3.30. The van der Waals surface area contributed by atoms with E-state index in [4.69, 9.17) is 4.74 Å². The molecule has 0 aliphatic heterocycles. The van der Waals surface area contributed by atoms with Gasteiger partial charge in [-0.25, -0.2) is 4.98 Å². The van der Waals surface area contributed by atoms with Crippen molar-refractivity contribution >= 4 is 11.6 Å². The highest BCUT2D eigenvalue weighted by atomic mass is 16.5. The zero-order chi connectivity index (χ0) is 16.8. The van der Waals surface area contributed by atoms with Crippen molar-refractivity contribution in [3.8, 4) is 5.88 Å². The van der Waals surface area contributed by atoms with Crippen molar-refractivity contribution in [1.29, 1.82) is 0 Å². The maximum atomic E-state index is 12.2. The normalized spacial score (nSPS) is 10.2. The summed E-state index contributed by atoms with van der Waals surface area (Å²) in [6, 6.07) is 14.1. The second kappa shape index (κ2) is 7.23. The Balaban J connectivity index is 1.69. The molecule has 6 heteroatoms. The number of aromatic nitrogens is 2. The molecule has 2 N–H and O–H groups in total. The van der Waals surface area contributed by atoms with E-state index in [0.717, 1.165) is 5.56 Å². The van der Waals surface area contributed by atoms with Gasteiger partial charge in [0.05, 0.1) is 0 Å². The van der Waals surface area contributed by atoms with E-state index < -0.39 is 5.91 Å². The van der Waals surface area contributed by atoms with Gasteiger partial charge in [0.25, 0.3) is 5.91 Å². The van der Waals surface area contributed by atoms with Crippen LogP contribution in [0.4, 0.5) is 5.69 Å². The minimum absolute atomic E-state index is 0.186. The SMILES string of the molecule is O=C(Nc1c[nH]ccc1=O)c1ccnc(OCc2ccccc2)c1. The summed E-state index contributed by atoms with van der Waals surface area (Å²) >= 11 is 0. The largest absolute Gasteiger partial charge is 0.473 e. The zero-order valence-corrected chi connectivity index (χ0v) is 12.7.